The smallest absolute Gasteiger partial charge is 0.0975 e. The number of aromatic nitrogens is 1. The monoisotopic (exact) mass is 307 g/mol. The van der Waals surface area contributed by atoms with Gasteiger partial charge in [0.2, 0.25) is 0 Å². The van der Waals surface area contributed by atoms with Crippen LogP contribution in [0.15, 0.2) is 24.3 Å². The van der Waals surface area contributed by atoms with Gasteiger partial charge in [-0.3, -0.25) is 4.90 Å². The fraction of sp³-hybridized carbons (Fsp3) is 0.400. The van der Waals surface area contributed by atoms with Gasteiger partial charge >= 0.3 is 0 Å². The largest absolute Gasteiger partial charge is 0.329 e. The van der Waals surface area contributed by atoms with Gasteiger partial charge < -0.3 is 5.73 Å². The molecule has 1 aromatic carbocycles. The van der Waals surface area contributed by atoms with Crippen molar-refractivity contribution in [1.29, 1.82) is 0 Å². The summed E-state index contributed by atoms with van der Waals surface area (Å²) in [5, 5.41) is 1.98. The molecule has 3 nitrogen and oxygen atoms in total. The summed E-state index contributed by atoms with van der Waals surface area (Å²) in [4.78, 5) is 8.60. The zero-order valence-corrected chi connectivity index (χ0v) is 12.9. The molecule has 2 aromatic rings. The van der Waals surface area contributed by atoms with Gasteiger partial charge in [-0.05, 0) is 17.7 Å². The van der Waals surface area contributed by atoms with Crippen LogP contribution < -0.4 is 5.73 Å². The van der Waals surface area contributed by atoms with Gasteiger partial charge in [0.15, 0.2) is 0 Å². The Hall–Kier alpha value is -0.940. The van der Waals surface area contributed by atoms with E-state index in [1.54, 1.807) is 0 Å². The second kappa shape index (κ2) is 6.22. The standard InChI is InChI=1S/C15H18ClN3S/c16-12-3-1-2-11(8-12)9-15-18-13-4-6-19(7-5-17)10-14(13)20-15/h1-3,8H,4-7,9-10,17H2. The molecule has 0 radical (unpaired) electrons. The van der Waals surface area contributed by atoms with Crippen molar-refractivity contribution < 1.29 is 0 Å². The van der Waals surface area contributed by atoms with E-state index in [0.717, 1.165) is 44.0 Å². The lowest BCUT2D eigenvalue weighted by molar-refractivity contribution is 0.263. The number of hydrogen-bond acceptors (Lipinski definition) is 4. The topological polar surface area (TPSA) is 42.1 Å². The third-order valence-electron chi connectivity index (χ3n) is 3.54. The van der Waals surface area contributed by atoms with Crippen molar-refractivity contribution in [2.75, 3.05) is 19.6 Å². The maximum absolute atomic E-state index is 6.03. The third-order valence-corrected chi connectivity index (χ3v) is 4.86. The minimum atomic E-state index is 0.726. The van der Waals surface area contributed by atoms with Crippen LogP contribution >= 0.6 is 22.9 Å². The van der Waals surface area contributed by atoms with Crippen LogP contribution in [0.25, 0.3) is 0 Å². The van der Waals surface area contributed by atoms with Gasteiger partial charge in [-0.2, -0.15) is 0 Å². The van der Waals surface area contributed by atoms with E-state index in [2.05, 4.69) is 11.0 Å². The Kier molecular flexibility index (Phi) is 4.36. The predicted octanol–water partition coefficient (Wildman–Crippen LogP) is 2.70. The van der Waals surface area contributed by atoms with Crippen molar-refractivity contribution in [1.82, 2.24) is 9.88 Å². The highest BCUT2D eigenvalue weighted by Gasteiger charge is 2.20. The average molecular weight is 308 g/mol. The van der Waals surface area contributed by atoms with Gasteiger partial charge in [0.25, 0.3) is 0 Å². The van der Waals surface area contributed by atoms with Crippen LogP contribution in [0.5, 0.6) is 0 Å². The molecule has 1 aromatic heterocycles. The number of nitrogens with zero attached hydrogens (tertiary/aromatic N) is 2. The minimum absolute atomic E-state index is 0.726. The van der Waals surface area contributed by atoms with E-state index in [1.165, 1.54) is 21.1 Å². The van der Waals surface area contributed by atoms with Crippen LogP contribution in [-0.4, -0.2) is 29.5 Å². The quantitative estimate of drug-likeness (QED) is 0.944. The Morgan fingerprint density at radius 1 is 1.40 bits per heavy atom. The summed E-state index contributed by atoms with van der Waals surface area (Å²) in [6, 6.07) is 8.02. The molecule has 1 aliphatic rings. The summed E-state index contributed by atoms with van der Waals surface area (Å²) in [6.07, 6.45) is 1.91. The number of benzene rings is 1. The molecule has 20 heavy (non-hydrogen) atoms. The zero-order chi connectivity index (χ0) is 13.9. The van der Waals surface area contributed by atoms with Crippen LogP contribution in [0.2, 0.25) is 5.02 Å². The summed E-state index contributed by atoms with van der Waals surface area (Å²) in [5.74, 6) is 0. The summed E-state index contributed by atoms with van der Waals surface area (Å²) < 4.78 is 0. The molecule has 1 aliphatic heterocycles. The molecule has 3 rings (SSSR count). The van der Waals surface area contributed by atoms with E-state index in [9.17, 15) is 0 Å². The van der Waals surface area contributed by atoms with Crippen LogP contribution in [-0.2, 0) is 19.4 Å². The highest BCUT2D eigenvalue weighted by Crippen LogP contribution is 2.26. The number of hydrogen-bond donors (Lipinski definition) is 1. The van der Waals surface area contributed by atoms with Crippen molar-refractivity contribution >= 4 is 22.9 Å². The highest BCUT2D eigenvalue weighted by molar-refractivity contribution is 7.11. The first-order chi connectivity index (χ1) is 9.74. The Balaban J connectivity index is 1.74. The van der Waals surface area contributed by atoms with E-state index in [0.29, 0.717) is 0 Å². The molecule has 2 N–H and O–H groups in total. The van der Waals surface area contributed by atoms with Crippen molar-refractivity contribution in [2.45, 2.75) is 19.4 Å². The van der Waals surface area contributed by atoms with E-state index in [4.69, 9.17) is 22.3 Å². The molecule has 5 heteroatoms. The predicted molar refractivity (Wildman–Crippen MR) is 84.4 cm³/mol. The Bertz CT molecular complexity index is 597. The van der Waals surface area contributed by atoms with Gasteiger partial charge in [0.05, 0.1) is 10.7 Å². The highest BCUT2D eigenvalue weighted by atomic mass is 35.5. The molecule has 0 bridgehead atoms. The fourth-order valence-electron chi connectivity index (χ4n) is 2.57. The number of rotatable bonds is 4. The van der Waals surface area contributed by atoms with E-state index >= 15 is 0 Å². The second-order valence-electron chi connectivity index (χ2n) is 5.10. The average Bonchev–Trinajstić information content (AvgIpc) is 2.80. The molecule has 0 atom stereocenters. The lowest BCUT2D eigenvalue weighted by atomic mass is 10.1. The Morgan fingerprint density at radius 2 is 2.30 bits per heavy atom. The van der Waals surface area contributed by atoms with Gasteiger partial charge in [0, 0.05) is 48.9 Å². The molecule has 0 spiro atoms. The molecule has 0 unspecified atom stereocenters. The van der Waals surface area contributed by atoms with Crippen molar-refractivity contribution in [3.8, 4) is 0 Å². The van der Waals surface area contributed by atoms with Crippen molar-refractivity contribution in [3.63, 3.8) is 0 Å². The Morgan fingerprint density at radius 3 is 3.10 bits per heavy atom. The van der Waals surface area contributed by atoms with Crippen molar-refractivity contribution in [2.24, 2.45) is 5.73 Å². The SMILES string of the molecule is NCCN1CCc2nc(Cc3cccc(Cl)c3)sc2C1. The third kappa shape index (κ3) is 3.20. The molecule has 106 valence electrons. The first kappa shape index (κ1) is 14.0. The number of halogens is 1. The van der Waals surface area contributed by atoms with Gasteiger partial charge in [-0.25, -0.2) is 4.98 Å². The van der Waals surface area contributed by atoms with E-state index in [1.807, 2.05) is 29.5 Å². The van der Waals surface area contributed by atoms with Crippen LogP contribution in [0.1, 0.15) is 21.1 Å². The lowest BCUT2D eigenvalue weighted by Gasteiger charge is -2.24. The maximum Gasteiger partial charge on any atom is 0.0975 e. The van der Waals surface area contributed by atoms with Gasteiger partial charge in [-0.15, -0.1) is 11.3 Å². The minimum Gasteiger partial charge on any atom is -0.329 e. The Labute approximate surface area is 128 Å². The van der Waals surface area contributed by atoms with Crippen molar-refractivity contribution in [3.05, 3.63) is 50.4 Å². The molecule has 2 heterocycles. The molecular weight excluding hydrogens is 290 g/mol. The summed E-state index contributed by atoms with van der Waals surface area (Å²) in [7, 11) is 0. The van der Waals surface area contributed by atoms with Crippen LogP contribution in [0.4, 0.5) is 0 Å². The van der Waals surface area contributed by atoms with E-state index in [-0.39, 0.29) is 0 Å². The molecular formula is C15H18ClN3S. The first-order valence-electron chi connectivity index (χ1n) is 6.89. The summed E-state index contributed by atoms with van der Waals surface area (Å²) in [5.41, 5.74) is 8.14. The first-order valence-corrected chi connectivity index (χ1v) is 8.08. The lowest BCUT2D eigenvalue weighted by Crippen LogP contribution is -2.33. The fourth-order valence-corrected chi connectivity index (χ4v) is 3.98. The molecule has 0 aliphatic carbocycles. The van der Waals surface area contributed by atoms with Gasteiger partial charge in [0.1, 0.15) is 0 Å². The second-order valence-corrected chi connectivity index (χ2v) is 6.70. The molecule has 0 fully saturated rings. The van der Waals surface area contributed by atoms with Crippen LogP contribution in [0.3, 0.4) is 0 Å². The number of nitrogens with two attached hydrogens (primary N) is 1. The molecule has 0 saturated heterocycles. The molecule has 0 amide bonds. The summed E-state index contributed by atoms with van der Waals surface area (Å²) in [6.45, 7) is 3.77. The van der Waals surface area contributed by atoms with E-state index < -0.39 is 0 Å². The number of fused-ring (bicyclic) bond motifs is 1. The molecule has 0 saturated carbocycles. The number of thiazole rings is 1. The van der Waals surface area contributed by atoms with Crippen LogP contribution in [0, 0.1) is 0 Å². The summed E-state index contributed by atoms with van der Waals surface area (Å²) >= 11 is 7.86. The van der Waals surface area contributed by atoms with Gasteiger partial charge in [-0.1, -0.05) is 23.7 Å². The zero-order valence-electron chi connectivity index (χ0n) is 11.3. The normalized spacial score (nSPS) is 15.3. The maximum atomic E-state index is 6.03.